The molecule has 0 aromatic rings. The fraction of sp³-hybridized carbons (Fsp3) is 0.765. The molecule has 7 unspecified atom stereocenters. The summed E-state index contributed by atoms with van der Waals surface area (Å²) >= 11 is 0. The third-order valence-corrected chi connectivity index (χ3v) is 12.9. The number of ketones is 2. The fourth-order valence-corrected chi connectivity index (χ4v) is 10.4. The van der Waals surface area contributed by atoms with E-state index in [9.17, 15) is 19.6 Å². The SMILES string of the molecule is CCNC(=O)OCC12CCC(C)(C)CC1C1C(=O)C=C3C4(C)C=C(C#N)C(=O)C(C)(C)C4CCC3(C)C1(C)CC2. The summed E-state index contributed by atoms with van der Waals surface area (Å²) < 4.78 is 5.83. The zero-order valence-electron chi connectivity index (χ0n) is 25.8. The van der Waals surface area contributed by atoms with E-state index in [-0.39, 0.29) is 62.6 Å². The van der Waals surface area contributed by atoms with Crippen molar-refractivity contribution in [2.45, 2.75) is 100 Å². The number of allylic oxidation sites excluding steroid dienone is 4. The molecule has 0 spiro atoms. The van der Waals surface area contributed by atoms with Gasteiger partial charge in [-0.15, -0.1) is 0 Å². The van der Waals surface area contributed by atoms with E-state index in [2.05, 4.69) is 46.0 Å². The van der Waals surface area contributed by atoms with Crippen LogP contribution >= 0.6 is 0 Å². The second-order valence-corrected chi connectivity index (χ2v) is 15.7. The van der Waals surface area contributed by atoms with Crippen molar-refractivity contribution < 1.29 is 19.1 Å². The second kappa shape index (κ2) is 9.04. The Morgan fingerprint density at radius 3 is 2.38 bits per heavy atom. The van der Waals surface area contributed by atoms with Gasteiger partial charge in [0.05, 0.1) is 12.2 Å². The van der Waals surface area contributed by atoms with Gasteiger partial charge in [-0.1, -0.05) is 60.1 Å². The van der Waals surface area contributed by atoms with Gasteiger partial charge in [-0.25, -0.2) is 4.79 Å². The van der Waals surface area contributed by atoms with Crippen LogP contribution in [0, 0.1) is 61.6 Å². The average molecular weight is 549 g/mol. The molecule has 5 aliphatic rings. The number of nitriles is 1. The number of alkyl carbamates (subject to hydrolysis) is 1. The number of carbonyl (C=O) groups excluding carboxylic acids is 3. The number of carbonyl (C=O) groups is 3. The molecule has 0 radical (unpaired) electrons. The number of Topliss-reactive ketones (excluding diaryl/α,β-unsaturated/α-hetero) is 1. The monoisotopic (exact) mass is 548 g/mol. The molecule has 0 heterocycles. The normalized spacial score (nSPS) is 43.0. The lowest BCUT2D eigenvalue weighted by Gasteiger charge is -2.69. The van der Waals surface area contributed by atoms with Crippen LogP contribution in [0.15, 0.2) is 23.3 Å². The van der Waals surface area contributed by atoms with E-state index in [1.165, 1.54) is 0 Å². The first-order valence-corrected chi connectivity index (χ1v) is 15.4. The molecule has 1 amide bonds. The Hall–Kier alpha value is -2.42. The Morgan fingerprint density at radius 1 is 1.05 bits per heavy atom. The van der Waals surface area contributed by atoms with Crippen molar-refractivity contribution in [3.63, 3.8) is 0 Å². The number of fused-ring (bicyclic) bond motifs is 7. The molecule has 6 heteroatoms. The number of hydrogen-bond acceptors (Lipinski definition) is 5. The van der Waals surface area contributed by atoms with Gasteiger partial charge < -0.3 is 10.1 Å². The summed E-state index contributed by atoms with van der Waals surface area (Å²) in [5.74, 6) is 0.130. The van der Waals surface area contributed by atoms with Crippen LogP contribution in [-0.2, 0) is 14.3 Å². The summed E-state index contributed by atoms with van der Waals surface area (Å²) in [5, 5.41) is 12.7. The van der Waals surface area contributed by atoms with Gasteiger partial charge in [0.25, 0.3) is 0 Å². The van der Waals surface area contributed by atoms with Crippen LogP contribution in [0.25, 0.3) is 0 Å². The first-order chi connectivity index (χ1) is 18.5. The molecule has 0 bridgehead atoms. The van der Waals surface area contributed by atoms with Gasteiger partial charge in [-0.3, -0.25) is 9.59 Å². The standard InChI is InChI=1S/C34H48N2O4/c1-9-36-28(39)40-20-34-14-12-29(2,3)18-22(34)26-23(37)16-25-31(6)17-21(19-35)27(38)30(4,5)24(31)10-11-32(25,7)33(26,8)13-15-34/h16-17,22,24,26H,9-15,18,20H2,1-8H3,(H,36,39). The van der Waals surface area contributed by atoms with E-state index in [0.29, 0.717) is 13.2 Å². The lowest BCUT2D eigenvalue weighted by Crippen LogP contribution is -2.65. The summed E-state index contributed by atoms with van der Waals surface area (Å²) in [6, 6.07) is 2.19. The van der Waals surface area contributed by atoms with Crippen LogP contribution in [-0.4, -0.2) is 30.8 Å². The van der Waals surface area contributed by atoms with Gasteiger partial charge in [-0.2, -0.15) is 5.26 Å². The fourth-order valence-electron chi connectivity index (χ4n) is 10.4. The molecule has 40 heavy (non-hydrogen) atoms. The Morgan fingerprint density at radius 2 is 1.73 bits per heavy atom. The quantitative estimate of drug-likeness (QED) is 0.412. The smallest absolute Gasteiger partial charge is 0.407 e. The lowest BCUT2D eigenvalue weighted by molar-refractivity contribution is -0.177. The van der Waals surface area contributed by atoms with Gasteiger partial charge in [0.15, 0.2) is 11.6 Å². The molecular formula is C34H48N2O4. The summed E-state index contributed by atoms with van der Waals surface area (Å²) in [4.78, 5) is 40.1. The Labute approximate surface area is 240 Å². The van der Waals surface area contributed by atoms with Crippen LogP contribution in [0.4, 0.5) is 4.79 Å². The summed E-state index contributed by atoms with van der Waals surface area (Å²) in [6.07, 6.45) is 10.1. The molecule has 1 N–H and O–H groups in total. The molecule has 218 valence electrons. The van der Waals surface area contributed by atoms with Crippen LogP contribution in [0.1, 0.15) is 100 Å². The second-order valence-electron chi connectivity index (χ2n) is 15.7. The summed E-state index contributed by atoms with van der Waals surface area (Å²) in [5.41, 5.74) is -0.423. The third-order valence-electron chi connectivity index (χ3n) is 12.9. The molecule has 3 fully saturated rings. The molecule has 0 aromatic heterocycles. The largest absolute Gasteiger partial charge is 0.449 e. The molecular weight excluding hydrogens is 500 g/mol. The van der Waals surface area contributed by atoms with Crippen molar-refractivity contribution in [1.82, 2.24) is 5.32 Å². The highest BCUT2D eigenvalue weighted by Gasteiger charge is 2.69. The van der Waals surface area contributed by atoms with E-state index >= 15 is 0 Å². The summed E-state index contributed by atoms with van der Waals surface area (Å²) in [6.45, 7) is 18.2. The minimum Gasteiger partial charge on any atom is -0.449 e. The highest BCUT2D eigenvalue weighted by atomic mass is 16.5. The van der Waals surface area contributed by atoms with Gasteiger partial charge in [0, 0.05) is 28.7 Å². The third kappa shape index (κ3) is 3.82. The van der Waals surface area contributed by atoms with E-state index in [1.54, 1.807) is 0 Å². The molecule has 5 rings (SSSR count). The van der Waals surface area contributed by atoms with Gasteiger partial charge in [0.1, 0.15) is 6.07 Å². The first-order valence-electron chi connectivity index (χ1n) is 15.4. The Kier molecular flexibility index (Phi) is 6.57. The molecule has 3 saturated carbocycles. The van der Waals surface area contributed by atoms with Gasteiger partial charge in [0.2, 0.25) is 0 Å². The highest BCUT2D eigenvalue weighted by Crippen LogP contribution is 2.74. The number of rotatable bonds is 3. The van der Waals surface area contributed by atoms with E-state index < -0.39 is 10.8 Å². The van der Waals surface area contributed by atoms with Crippen LogP contribution in [0.2, 0.25) is 0 Å². The van der Waals surface area contributed by atoms with Crippen molar-refractivity contribution in [2.24, 2.45) is 50.2 Å². The van der Waals surface area contributed by atoms with E-state index in [4.69, 9.17) is 4.74 Å². The van der Waals surface area contributed by atoms with Gasteiger partial charge >= 0.3 is 6.09 Å². The number of ether oxygens (including phenoxy) is 1. The Balaban J connectivity index is 1.62. The number of amides is 1. The first kappa shape index (κ1) is 29.1. The Bertz CT molecular complexity index is 1250. The molecule has 5 aliphatic carbocycles. The minimum atomic E-state index is -0.664. The molecule has 7 atom stereocenters. The molecule has 0 saturated heterocycles. The maximum absolute atomic E-state index is 14.5. The predicted octanol–water partition coefficient (Wildman–Crippen LogP) is 6.95. The van der Waals surface area contributed by atoms with Crippen molar-refractivity contribution in [2.75, 3.05) is 13.2 Å². The van der Waals surface area contributed by atoms with Crippen molar-refractivity contribution in [3.05, 3.63) is 23.3 Å². The van der Waals surface area contributed by atoms with Crippen molar-refractivity contribution in [1.29, 1.82) is 5.26 Å². The van der Waals surface area contributed by atoms with Crippen molar-refractivity contribution >= 4 is 17.7 Å². The lowest BCUT2D eigenvalue weighted by atomic mass is 9.34. The molecule has 0 aliphatic heterocycles. The van der Waals surface area contributed by atoms with Crippen LogP contribution in [0.5, 0.6) is 0 Å². The summed E-state index contributed by atoms with van der Waals surface area (Å²) in [7, 11) is 0. The maximum atomic E-state index is 14.5. The number of hydrogen-bond donors (Lipinski definition) is 1. The predicted molar refractivity (Wildman–Crippen MR) is 154 cm³/mol. The molecule has 6 nitrogen and oxygen atoms in total. The van der Waals surface area contributed by atoms with Crippen molar-refractivity contribution in [3.8, 4) is 6.07 Å². The zero-order valence-corrected chi connectivity index (χ0v) is 25.8. The minimum absolute atomic E-state index is 0.0404. The van der Waals surface area contributed by atoms with E-state index in [1.807, 2.05) is 32.9 Å². The maximum Gasteiger partial charge on any atom is 0.407 e. The molecule has 0 aromatic carbocycles. The van der Waals surface area contributed by atoms with Crippen LogP contribution < -0.4 is 5.32 Å². The topological polar surface area (TPSA) is 96.3 Å². The average Bonchev–Trinajstić information content (AvgIpc) is 2.87. The van der Waals surface area contributed by atoms with E-state index in [0.717, 1.165) is 50.5 Å². The highest BCUT2D eigenvalue weighted by molar-refractivity contribution is 6.04. The number of nitrogens with zero attached hydrogens (tertiary/aromatic N) is 1. The zero-order chi connectivity index (χ0) is 29.5. The van der Waals surface area contributed by atoms with Crippen LogP contribution in [0.3, 0.4) is 0 Å². The number of nitrogens with one attached hydrogen (secondary N) is 1. The van der Waals surface area contributed by atoms with Gasteiger partial charge in [-0.05, 0) is 86.0 Å².